The summed E-state index contributed by atoms with van der Waals surface area (Å²) >= 11 is 1.98. The Labute approximate surface area is 130 Å². The van der Waals surface area contributed by atoms with E-state index in [0.717, 1.165) is 40.5 Å². The van der Waals surface area contributed by atoms with Crippen molar-refractivity contribution < 1.29 is 9.47 Å². The van der Waals surface area contributed by atoms with Crippen LogP contribution in [0.3, 0.4) is 0 Å². The van der Waals surface area contributed by atoms with Gasteiger partial charge in [-0.1, -0.05) is 0 Å². The van der Waals surface area contributed by atoms with Crippen LogP contribution in [0.25, 0.3) is 10.9 Å². The molecule has 0 unspecified atom stereocenters. The van der Waals surface area contributed by atoms with Crippen LogP contribution in [0.1, 0.15) is 25.7 Å². The highest BCUT2D eigenvalue weighted by atomic mass is 32.2. The number of ether oxygens (including phenoxy) is 2. The minimum absolute atomic E-state index is 0.334. The standard InChI is InChI=1S/C17H21NO2S/c1-19-13-5-8-15-16(11-13)18-10-9-17(15)20-12-3-6-14(21-2)7-4-12/h5,8-12,14H,3-4,6-7H2,1-2H3/t12-,14+. The van der Waals surface area contributed by atoms with Crippen LogP contribution in [-0.4, -0.2) is 29.7 Å². The van der Waals surface area contributed by atoms with Gasteiger partial charge in [0.15, 0.2) is 0 Å². The van der Waals surface area contributed by atoms with Crippen LogP contribution in [0.4, 0.5) is 0 Å². The van der Waals surface area contributed by atoms with E-state index in [1.54, 1.807) is 7.11 Å². The third kappa shape index (κ3) is 3.26. The van der Waals surface area contributed by atoms with E-state index in [9.17, 15) is 0 Å². The van der Waals surface area contributed by atoms with Crippen molar-refractivity contribution in [2.75, 3.05) is 13.4 Å². The molecule has 0 N–H and O–H groups in total. The minimum atomic E-state index is 0.334. The average Bonchev–Trinajstić information content (AvgIpc) is 2.55. The zero-order valence-corrected chi connectivity index (χ0v) is 13.4. The molecule has 0 saturated heterocycles. The van der Waals surface area contributed by atoms with Gasteiger partial charge in [-0.25, -0.2) is 0 Å². The summed E-state index contributed by atoms with van der Waals surface area (Å²) in [6, 6.07) is 7.91. The topological polar surface area (TPSA) is 31.4 Å². The van der Waals surface area contributed by atoms with Crippen LogP contribution in [0, 0.1) is 0 Å². The monoisotopic (exact) mass is 303 g/mol. The van der Waals surface area contributed by atoms with Crippen LogP contribution in [0.15, 0.2) is 30.5 Å². The number of hydrogen-bond acceptors (Lipinski definition) is 4. The molecule has 1 aromatic carbocycles. The molecule has 21 heavy (non-hydrogen) atoms. The first kappa shape index (κ1) is 14.5. The van der Waals surface area contributed by atoms with Gasteiger partial charge in [-0.05, 0) is 50.1 Å². The zero-order chi connectivity index (χ0) is 14.7. The molecule has 3 nitrogen and oxygen atoms in total. The maximum atomic E-state index is 6.24. The summed E-state index contributed by atoms with van der Waals surface area (Å²) in [6.07, 6.45) is 9.14. The van der Waals surface area contributed by atoms with E-state index in [4.69, 9.17) is 9.47 Å². The fourth-order valence-electron chi connectivity index (χ4n) is 2.90. The summed E-state index contributed by atoms with van der Waals surface area (Å²) in [4.78, 5) is 4.41. The molecule has 112 valence electrons. The lowest BCUT2D eigenvalue weighted by Crippen LogP contribution is -2.25. The first-order valence-electron chi connectivity index (χ1n) is 7.42. The van der Waals surface area contributed by atoms with Gasteiger partial charge in [-0.3, -0.25) is 4.98 Å². The van der Waals surface area contributed by atoms with Gasteiger partial charge in [-0.15, -0.1) is 0 Å². The van der Waals surface area contributed by atoms with Crippen LogP contribution >= 0.6 is 11.8 Å². The van der Waals surface area contributed by atoms with Crippen molar-refractivity contribution in [3.05, 3.63) is 30.5 Å². The van der Waals surface area contributed by atoms with Crippen molar-refractivity contribution in [3.63, 3.8) is 0 Å². The van der Waals surface area contributed by atoms with E-state index in [1.807, 2.05) is 42.2 Å². The van der Waals surface area contributed by atoms with Crippen molar-refractivity contribution in [1.82, 2.24) is 4.98 Å². The molecule has 2 aromatic rings. The van der Waals surface area contributed by atoms with Crippen LogP contribution in [0.2, 0.25) is 0 Å². The molecular formula is C17H21NO2S. The number of benzene rings is 1. The first-order chi connectivity index (χ1) is 10.3. The molecule has 0 atom stereocenters. The Hall–Kier alpha value is -1.42. The number of fused-ring (bicyclic) bond motifs is 1. The zero-order valence-electron chi connectivity index (χ0n) is 12.5. The average molecular weight is 303 g/mol. The highest BCUT2D eigenvalue weighted by molar-refractivity contribution is 7.99. The largest absolute Gasteiger partial charge is 0.497 e. The van der Waals surface area contributed by atoms with Gasteiger partial charge in [0.1, 0.15) is 11.5 Å². The van der Waals surface area contributed by atoms with Gasteiger partial charge in [0.05, 0.1) is 18.7 Å². The Morgan fingerprint density at radius 1 is 1.14 bits per heavy atom. The molecule has 4 heteroatoms. The van der Waals surface area contributed by atoms with Gasteiger partial charge in [0.25, 0.3) is 0 Å². The predicted molar refractivity (Wildman–Crippen MR) is 88.5 cm³/mol. The maximum Gasteiger partial charge on any atom is 0.130 e. The first-order valence-corrected chi connectivity index (χ1v) is 8.71. The van der Waals surface area contributed by atoms with Crippen molar-refractivity contribution in [2.45, 2.75) is 37.0 Å². The second-order valence-electron chi connectivity index (χ2n) is 5.44. The highest BCUT2D eigenvalue weighted by Gasteiger charge is 2.22. The molecule has 3 rings (SSSR count). The van der Waals surface area contributed by atoms with Crippen molar-refractivity contribution in [2.24, 2.45) is 0 Å². The molecule has 0 amide bonds. The van der Waals surface area contributed by atoms with E-state index in [1.165, 1.54) is 12.8 Å². The van der Waals surface area contributed by atoms with Crippen LogP contribution in [0.5, 0.6) is 11.5 Å². The third-order valence-corrected chi connectivity index (χ3v) is 5.30. The number of nitrogens with zero attached hydrogens (tertiary/aromatic N) is 1. The fraction of sp³-hybridized carbons (Fsp3) is 0.471. The molecule has 0 bridgehead atoms. The van der Waals surface area contributed by atoms with Crippen molar-refractivity contribution in [1.29, 1.82) is 0 Å². The molecular weight excluding hydrogens is 282 g/mol. The van der Waals surface area contributed by atoms with Gasteiger partial charge < -0.3 is 9.47 Å². The quantitative estimate of drug-likeness (QED) is 0.843. The molecule has 1 heterocycles. The Bertz CT molecular complexity index is 609. The predicted octanol–water partition coefficient (Wildman–Crippen LogP) is 4.30. The summed E-state index contributed by atoms with van der Waals surface area (Å²) in [5.41, 5.74) is 0.921. The van der Waals surface area contributed by atoms with Crippen LogP contribution in [-0.2, 0) is 0 Å². The second kappa shape index (κ2) is 6.56. The Kier molecular flexibility index (Phi) is 4.54. The molecule has 1 fully saturated rings. The smallest absolute Gasteiger partial charge is 0.130 e. The summed E-state index contributed by atoms with van der Waals surface area (Å²) in [5, 5.41) is 1.87. The Balaban J connectivity index is 1.78. The van der Waals surface area contributed by atoms with Crippen LogP contribution < -0.4 is 9.47 Å². The molecule has 1 aromatic heterocycles. The summed E-state index contributed by atoms with van der Waals surface area (Å²) in [6.45, 7) is 0. The van der Waals surface area contributed by atoms with Gasteiger partial charge in [-0.2, -0.15) is 11.8 Å². The number of thioether (sulfide) groups is 1. The summed E-state index contributed by atoms with van der Waals surface area (Å²) in [5.74, 6) is 1.77. The second-order valence-corrected chi connectivity index (χ2v) is 6.58. The number of aromatic nitrogens is 1. The van der Waals surface area contributed by atoms with E-state index >= 15 is 0 Å². The van der Waals surface area contributed by atoms with E-state index in [0.29, 0.717) is 6.10 Å². The molecule has 0 aliphatic heterocycles. The van der Waals surface area contributed by atoms with Crippen molar-refractivity contribution >= 4 is 22.7 Å². The minimum Gasteiger partial charge on any atom is -0.497 e. The lowest BCUT2D eigenvalue weighted by Gasteiger charge is -2.28. The lowest BCUT2D eigenvalue weighted by atomic mass is 9.97. The molecule has 1 aliphatic carbocycles. The summed E-state index contributed by atoms with van der Waals surface area (Å²) in [7, 11) is 1.67. The SMILES string of the molecule is COc1ccc2c(O[C@H]3CC[C@@H](SC)CC3)ccnc2c1. The number of hydrogen-bond donors (Lipinski definition) is 0. The van der Waals surface area contributed by atoms with E-state index < -0.39 is 0 Å². The lowest BCUT2D eigenvalue weighted by molar-refractivity contribution is 0.159. The van der Waals surface area contributed by atoms with E-state index in [2.05, 4.69) is 11.2 Å². The number of rotatable bonds is 4. The summed E-state index contributed by atoms with van der Waals surface area (Å²) < 4.78 is 11.5. The molecule has 0 spiro atoms. The van der Waals surface area contributed by atoms with Gasteiger partial charge >= 0.3 is 0 Å². The molecule has 1 aliphatic rings. The Morgan fingerprint density at radius 3 is 2.67 bits per heavy atom. The van der Waals surface area contributed by atoms with E-state index in [-0.39, 0.29) is 0 Å². The maximum absolute atomic E-state index is 6.24. The number of pyridine rings is 1. The van der Waals surface area contributed by atoms with Gasteiger partial charge in [0.2, 0.25) is 0 Å². The normalized spacial score (nSPS) is 22.2. The fourth-order valence-corrected chi connectivity index (χ4v) is 3.64. The van der Waals surface area contributed by atoms with Crippen molar-refractivity contribution in [3.8, 4) is 11.5 Å². The third-order valence-electron chi connectivity index (χ3n) is 4.16. The molecule has 1 saturated carbocycles. The van der Waals surface area contributed by atoms with Gasteiger partial charge in [0, 0.05) is 22.9 Å². The molecule has 0 radical (unpaired) electrons. The number of methoxy groups -OCH3 is 1. The highest BCUT2D eigenvalue weighted by Crippen LogP contribution is 2.32. The Morgan fingerprint density at radius 2 is 1.95 bits per heavy atom.